The highest BCUT2D eigenvalue weighted by Crippen LogP contribution is 2.20. The first-order valence-electron chi connectivity index (χ1n) is 8.78. The van der Waals surface area contributed by atoms with Crippen LogP contribution in [-0.2, 0) is 11.3 Å². The molecule has 1 N–H and O–H groups in total. The van der Waals surface area contributed by atoms with E-state index in [1.54, 1.807) is 4.68 Å². The number of hydrogen-bond acceptors (Lipinski definition) is 3. The lowest BCUT2D eigenvalue weighted by molar-refractivity contribution is -0.117. The summed E-state index contributed by atoms with van der Waals surface area (Å²) in [6.07, 6.45) is 0. The number of benzene rings is 2. The average molecular weight is 383 g/mol. The highest BCUT2D eigenvalue weighted by atomic mass is 35.5. The number of halogens is 1. The predicted molar refractivity (Wildman–Crippen MR) is 109 cm³/mol. The summed E-state index contributed by atoms with van der Waals surface area (Å²) >= 11 is 6.02. The molecule has 0 unspecified atom stereocenters. The van der Waals surface area contributed by atoms with Gasteiger partial charge >= 0.3 is 0 Å². The van der Waals surface area contributed by atoms with Crippen molar-refractivity contribution in [3.63, 3.8) is 0 Å². The first-order chi connectivity index (χ1) is 12.9. The van der Waals surface area contributed by atoms with Gasteiger partial charge in [-0.3, -0.25) is 9.69 Å². The van der Waals surface area contributed by atoms with Gasteiger partial charge in [0.05, 0.1) is 17.9 Å². The third kappa shape index (κ3) is 4.96. The SMILES string of the molecule is Cc1cc(NC(=O)CN(C)Cc2cccc(Cl)c2)n(-c2ccccc2C)n1. The first kappa shape index (κ1) is 19.1. The molecule has 2 aromatic carbocycles. The Morgan fingerprint density at radius 3 is 2.67 bits per heavy atom. The lowest BCUT2D eigenvalue weighted by atomic mass is 10.2. The molecule has 3 aromatic rings. The molecule has 1 heterocycles. The summed E-state index contributed by atoms with van der Waals surface area (Å²) in [5.41, 5.74) is 3.96. The van der Waals surface area contributed by atoms with Crippen LogP contribution in [0.25, 0.3) is 5.69 Å². The lowest BCUT2D eigenvalue weighted by Crippen LogP contribution is -2.30. The minimum absolute atomic E-state index is 0.0886. The van der Waals surface area contributed by atoms with E-state index in [-0.39, 0.29) is 12.5 Å². The quantitative estimate of drug-likeness (QED) is 0.694. The maximum Gasteiger partial charge on any atom is 0.239 e. The second-order valence-electron chi connectivity index (χ2n) is 6.72. The lowest BCUT2D eigenvalue weighted by Gasteiger charge is -2.17. The number of rotatable bonds is 6. The molecule has 0 saturated heterocycles. The van der Waals surface area contributed by atoms with Crippen LogP contribution in [0.1, 0.15) is 16.8 Å². The smallest absolute Gasteiger partial charge is 0.239 e. The van der Waals surface area contributed by atoms with E-state index in [1.165, 1.54) is 0 Å². The number of likely N-dealkylation sites (N-methyl/N-ethyl adjacent to an activating group) is 1. The monoisotopic (exact) mass is 382 g/mol. The van der Waals surface area contributed by atoms with Crippen molar-refractivity contribution in [1.29, 1.82) is 0 Å². The summed E-state index contributed by atoms with van der Waals surface area (Å²) in [4.78, 5) is 14.5. The molecule has 0 aliphatic carbocycles. The summed E-state index contributed by atoms with van der Waals surface area (Å²) in [7, 11) is 1.91. The molecular weight excluding hydrogens is 360 g/mol. The number of nitrogens with zero attached hydrogens (tertiary/aromatic N) is 3. The number of carbonyl (C=O) groups is 1. The molecule has 0 spiro atoms. The molecule has 0 radical (unpaired) electrons. The second-order valence-corrected chi connectivity index (χ2v) is 7.16. The number of nitrogens with one attached hydrogen (secondary N) is 1. The third-order valence-corrected chi connectivity index (χ3v) is 4.43. The van der Waals surface area contributed by atoms with Crippen LogP contribution in [0.3, 0.4) is 0 Å². The molecule has 0 fully saturated rings. The van der Waals surface area contributed by atoms with Gasteiger partial charge in [0, 0.05) is 17.6 Å². The highest BCUT2D eigenvalue weighted by Gasteiger charge is 2.14. The van der Waals surface area contributed by atoms with E-state index in [4.69, 9.17) is 11.6 Å². The maximum absolute atomic E-state index is 12.5. The van der Waals surface area contributed by atoms with Crippen LogP contribution in [0.2, 0.25) is 5.02 Å². The normalized spacial score (nSPS) is 11.0. The van der Waals surface area contributed by atoms with Crippen molar-refractivity contribution in [2.45, 2.75) is 20.4 Å². The zero-order chi connectivity index (χ0) is 19.4. The molecule has 0 atom stereocenters. The summed E-state index contributed by atoms with van der Waals surface area (Å²) in [6.45, 7) is 4.85. The Bertz CT molecular complexity index is 951. The van der Waals surface area contributed by atoms with Crippen LogP contribution in [0.5, 0.6) is 0 Å². The number of anilines is 1. The van der Waals surface area contributed by atoms with Gasteiger partial charge in [-0.1, -0.05) is 41.9 Å². The van der Waals surface area contributed by atoms with Crippen molar-refractivity contribution in [3.8, 4) is 5.69 Å². The fourth-order valence-electron chi connectivity index (χ4n) is 3.00. The average Bonchev–Trinajstić information content (AvgIpc) is 2.95. The number of aryl methyl sites for hydroxylation is 2. The topological polar surface area (TPSA) is 50.2 Å². The van der Waals surface area contributed by atoms with Crippen molar-refractivity contribution < 1.29 is 4.79 Å². The first-order valence-corrected chi connectivity index (χ1v) is 9.15. The molecule has 1 aromatic heterocycles. The van der Waals surface area contributed by atoms with Gasteiger partial charge in [-0.15, -0.1) is 0 Å². The molecule has 0 aliphatic heterocycles. The predicted octanol–water partition coefficient (Wildman–Crippen LogP) is 4.21. The van der Waals surface area contributed by atoms with Crippen LogP contribution < -0.4 is 5.32 Å². The third-order valence-electron chi connectivity index (χ3n) is 4.20. The van der Waals surface area contributed by atoms with Crippen molar-refractivity contribution in [2.24, 2.45) is 0 Å². The van der Waals surface area contributed by atoms with Crippen LogP contribution in [0.4, 0.5) is 5.82 Å². The van der Waals surface area contributed by atoms with Crippen LogP contribution >= 0.6 is 11.6 Å². The number of carbonyl (C=O) groups excluding carboxylic acids is 1. The van der Waals surface area contributed by atoms with Crippen LogP contribution in [-0.4, -0.2) is 34.2 Å². The Morgan fingerprint density at radius 1 is 1.15 bits per heavy atom. The van der Waals surface area contributed by atoms with Crippen molar-refractivity contribution in [3.05, 3.63) is 76.4 Å². The van der Waals surface area contributed by atoms with E-state index < -0.39 is 0 Å². The van der Waals surface area contributed by atoms with Crippen LogP contribution in [0.15, 0.2) is 54.6 Å². The number of hydrogen-bond donors (Lipinski definition) is 1. The highest BCUT2D eigenvalue weighted by molar-refractivity contribution is 6.30. The zero-order valence-electron chi connectivity index (χ0n) is 15.7. The summed E-state index contributed by atoms with van der Waals surface area (Å²) in [6, 6.07) is 17.5. The van der Waals surface area contributed by atoms with Crippen LogP contribution in [0, 0.1) is 13.8 Å². The standard InChI is InChI=1S/C21H23ClN4O/c1-15-7-4-5-10-19(15)26-20(11-16(2)24-26)23-21(27)14-25(3)13-17-8-6-9-18(22)12-17/h4-12H,13-14H2,1-3H3,(H,23,27). The summed E-state index contributed by atoms with van der Waals surface area (Å²) in [5.74, 6) is 0.581. The summed E-state index contributed by atoms with van der Waals surface area (Å²) in [5, 5.41) is 8.20. The van der Waals surface area contributed by atoms with E-state index in [2.05, 4.69) is 10.4 Å². The maximum atomic E-state index is 12.5. The van der Waals surface area contributed by atoms with Gasteiger partial charge in [-0.25, -0.2) is 4.68 Å². The molecule has 5 nitrogen and oxygen atoms in total. The number of amides is 1. The minimum Gasteiger partial charge on any atom is -0.309 e. The summed E-state index contributed by atoms with van der Waals surface area (Å²) < 4.78 is 1.78. The van der Waals surface area contributed by atoms with E-state index >= 15 is 0 Å². The van der Waals surface area contributed by atoms with Gasteiger partial charge in [0.25, 0.3) is 0 Å². The fourth-order valence-corrected chi connectivity index (χ4v) is 3.22. The molecule has 0 saturated carbocycles. The van der Waals surface area contributed by atoms with Gasteiger partial charge in [-0.05, 0) is 50.2 Å². The molecule has 1 amide bonds. The largest absolute Gasteiger partial charge is 0.309 e. The van der Waals surface area contributed by atoms with E-state index in [9.17, 15) is 4.79 Å². The zero-order valence-corrected chi connectivity index (χ0v) is 16.5. The second kappa shape index (κ2) is 8.37. The van der Waals surface area contributed by atoms with Gasteiger partial charge in [0.15, 0.2) is 0 Å². The molecule has 3 rings (SSSR count). The number of para-hydroxylation sites is 1. The van der Waals surface area contributed by atoms with Gasteiger partial charge in [-0.2, -0.15) is 5.10 Å². The fraction of sp³-hybridized carbons (Fsp3) is 0.238. The minimum atomic E-state index is -0.0886. The molecule has 0 bridgehead atoms. The van der Waals surface area contributed by atoms with E-state index in [0.29, 0.717) is 17.4 Å². The van der Waals surface area contributed by atoms with Crippen molar-refractivity contribution in [2.75, 3.05) is 18.9 Å². The Morgan fingerprint density at radius 2 is 1.93 bits per heavy atom. The Hall–Kier alpha value is -2.63. The molecular formula is C21H23ClN4O. The molecule has 6 heteroatoms. The molecule has 27 heavy (non-hydrogen) atoms. The Balaban J connectivity index is 1.69. The Labute approximate surface area is 164 Å². The van der Waals surface area contributed by atoms with Gasteiger partial charge in [0.1, 0.15) is 5.82 Å². The molecule has 0 aliphatic rings. The van der Waals surface area contributed by atoms with Gasteiger partial charge in [0.2, 0.25) is 5.91 Å². The van der Waals surface area contributed by atoms with Crippen molar-refractivity contribution >= 4 is 23.3 Å². The van der Waals surface area contributed by atoms with E-state index in [0.717, 1.165) is 22.5 Å². The Kier molecular flexibility index (Phi) is 5.94. The van der Waals surface area contributed by atoms with Crippen molar-refractivity contribution in [1.82, 2.24) is 14.7 Å². The molecule has 140 valence electrons. The van der Waals surface area contributed by atoms with Gasteiger partial charge < -0.3 is 5.32 Å². The number of aromatic nitrogens is 2. The van der Waals surface area contributed by atoms with E-state index in [1.807, 2.05) is 80.4 Å².